The van der Waals surface area contributed by atoms with Crippen molar-refractivity contribution in [2.45, 2.75) is 116 Å². The fraction of sp³-hybridized carbons (Fsp3) is 0.905. The Morgan fingerprint density at radius 3 is 1.83 bits per heavy atom. The number of hydrogen-bond donors (Lipinski definition) is 1. The maximum Gasteiger partial charge on any atom is 0.122 e. The van der Waals surface area contributed by atoms with Crippen molar-refractivity contribution in [2.24, 2.45) is 0 Å². The maximum absolute atomic E-state index is 10.1. The van der Waals surface area contributed by atoms with Crippen LogP contribution in [0, 0.1) is 11.8 Å². The molecule has 0 aromatic rings. The molecule has 1 N–H and O–H groups in total. The Morgan fingerprint density at radius 2 is 1.30 bits per heavy atom. The lowest BCUT2D eigenvalue weighted by Gasteiger charge is -2.15. The van der Waals surface area contributed by atoms with Crippen molar-refractivity contribution >= 4 is 15.9 Å². The highest BCUT2D eigenvalue weighted by Gasteiger charge is 2.15. The van der Waals surface area contributed by atoms with Crippen LogP contribution in [0.25, 0.3) is 0 Å². The minimum Gasteiger partial charge on any atom is -0.378 e. The van der Waals surface area contributed by atoms with E-state index in [-0.39, 0.29) is 0 Å². The molecular formula is C21H39BrO. The summed E-state index contributed by atoms with van der Waals surface area (Å²) in [6.45, 7) is 4.04. The van der Waals surface area contributed by atoms with Crippen LogP contribution in [0.2, 0.25) is 0 Å². The Kier molecular flexibility index (Phi) is 16.8. The quantitative estimate of drug-likeness (QED) is 0.182. The molecule has 0 aliphatic rings. The third-order valence-corrected chi connectivity index (χ3v) is 4.87. The summed E-state index contributed by atoms with van der Waals surface area (Å²) in [6.07, 6.45) is 18.7. The van der Waals surface area contributed by atoms with E-state index in [1.54, 1.807) is 0 Å². The van der Waals surface area contributed by atoms with E-state index in [0.717, 1.165) is 24.6 Å². The molecule has 0 aliphatic heterocycles. The zero-order chi connectivity index (χ0) is 17.2. The fourth-order valence-electron chi connectivity index (χ4n) is 2.76. The summed E-state index contributed by atoms with van der Waals surface area (Å²) in [5.74, 6) is 6.24. The van der Waals surface area contributed by atoms with E-state index in [4.69, 9.17) is 0 Å². The first-order valence-electron chi connectivity index (χ1n) is 9.91. The van der Waals surface area contributed by atoms with E-state index in [1.807, 2.05) is 6.92 Å². The predicted octanol–water partition coefficient (Wildman–Crippen LogP) is 7.01. The van der Waals surface area contributed by atoms with Crippen LogP contribution >= 0.6 is 15.9 Å². The minimum absolute atomic E-state index is 0.774. The van der Waals surface area contributed by atoms with Crippen LogP contribution in [0.15, 0.2) is 0 Å². The highest BCUT2D eigenvalue weighted by molar-refractivity contribution is 9.09. The van der Waals surface area contributed by atoms with E-state index in [0.29, 0.717) is 0 Å². The van der Waals surface area contributed by atoms with E-state index in [1.165, 1.54) is 77.0 Å². The lowest BCUT2D eigenvalue weighted by Crippen LogP contribution is -2.21. The zero-order valence-electron chi connectivity index (χ0n) is 15.6. The van der Waals surface area contributed by atoms with E-state index >= 15 is 0 Å². The van der Waals surface area contributed by atoms with Crippen LogP contribution in [0.1, 0.15) is 110 Å². The molecule has 0 heterocycles. The van der Waals surface area contributed by atoms with Gasteiger partial charge >= 0.3 is 0 Å². The van der Waals surface area contributed by atoms with Crippen molar-refractivity contribution in [1.82, 2.24) is 0 Å². The molecule has 0 saturated heterocycles. The van der Waals surface area contributed by atoms with E-state index in [2.05, 4.69) is 34.7 Å². The lowest BCUT2D eigenvalue weighted by molar-refractivity contribution is 0.109. The number of unbranched alkanes of at least 4 members (excludes halogenated alkanes) is 12. The van der Waals surface area contributed by atoms with Crippen LogP contribution in [-0.4, -0.2) is 16.0 Å². The van der Waals surface area contributed by atoms with Crippen molar-refractivity contribution in [3.05, 3.63) is 0 Å². The van der Waals surface area contributed by atoms with Gasteiger partial charge in [0.2, 0.25) is 0 Å². The fourth-order valence-corrected chi connectivity index (χ4v) is 3.15. The normalized spacial score (nSPS) is 13.4. The summed E-state index contributed by atoms with van der Waals surface area (Å²) in [5, 5.41) is 11.3. The second-order valence-corrected chi connectivity index (χ2v) is 7.80. The number of alkyl halides is 1. The first-order chi connectivity index (χ1) is 11.1. The molecule has 0 amide bonds. The van der Waals surface area contributed by atoms with Gasteiger partial charge < -0.3 is 5.11 Å². The van der Waals surface area contributed by atoms with Crippen molar-refractivity contribution in [3.8, 4) is 11.8 Å². The van der Waals surface area contributed by atoms with Gasteiger partial charge in [0.1, 0.15) is 5.60 Å². The molecule has 2 heteroatoms. The summed E-state index contributed by atoms with van der Waals surface area (Å²) >= 11 is 3.48. The van der Waals surface area contributed by atoms with Gasteiger partial charge in [-0.1, -0.05) is 93.0 Å². The van der Waals surface area contributed by atoms with Gasteiger partial charge in [0.25, 0.3) is 0 Å². The number of hydrogen-bond acceptors (Lipinski definition) is 1. The Labute approximate surface area is 154 Å². The maximum atomic E-state index is 10.1. The van der Waals surface area contributed by atoms with Crippen LogP contribution in [0.4, 0.5) is 0 Å². The van der Waals surface area contributed by atoms with Crippen molar-refractivity contribution in [3.63, 3.8) is 0 Å². The highest BCUT2D eigenvalue weighted by atomic mass is 79.9. The SMILES string of the molecule is CCCCC[C@](C)(O)C#CCCCCCCCCCCCCBr. The number of aliphatic hydroxyl groups is 1. The van der Waals surface area contributed by atoms with Crippen molar-refractivity contribution in [2.75, 3.05) is 5.33 Å². The molecule has 1 nitrogen and oxygen atoms in total. The van der Waals surface area contributed by atoms with Gasteiger partial charge in [0.15, 0.2) is 0 Å². The molecule has 0 saturated carbocycles. The van der Waals surface area contributed by atoms with Crippen LogP contribution in [0.3, 0.4) is 0 Å². The molecule has 0 radical (unpaired) electrons. The van der Waals surface area contributed by atoms with Crippen LogP contribution < -0.4 is 0 Å². The predicted molar refractivity (Wildman–Crippen MR) is 107 cm³/mol. The minimum atomic E-state index is -0.774. The van der Waals surface area contributed by atoms with Crippen molar-refractivity contribution in [1.29, 1.82) is 0 Å². The number of halogens is 1. The average molecular weight is 387 g/mol. The number of rotatable bonds is 15. The molecule has 0 rings (SSSR count). The largest absolute Gasteiger partial charge is 0.378 e. The van der Waals surface area contributed by atoms with Gasteiger partial charge in [-0.15, -0.1) is 5.92 Å². The second kappa shape index (κ2) is 16.8. The first kappa shape index (κ1) is 23.0. The molecular weight excluding hydrogens is 348 g/mol. The molecule has 136 valence electrons. The molecule has 1 atom stereocenters. The zero-order valence-corrected chi connectivity index (χ0v) is 17.2. The van der Waals surface area contributed by atoms with E-state index < -0.39 is 5.60 Å². The first-order valence-corrected chi connectivity index (χ1v) is 11.0. The summed E-state index contributed by atoms with van der Waals surface area (Å²) in [7, 11) is 0. The Hall–Kier alpha value is 0. The van der Waals surface area contributed by atoms with Gasteiger partial charge in [-0.05, 0) is 32.6 Å². The summed E-state index contributed by atoms with van der Waals surface area (Å²) in [6, 6.07) is 0. The van der Waals surface area contributed by atoms with Crippen LogP contribution in [-0.2, 0) is 0 Å². The third-order valence-electron chi connectivity index (χ3n) is 4.31. The molecule has 0 aromatic heterocycles. The molecule has 0 fully saturated rings. The monoisotopic (exact) mass is 386 g/mol. The topological polar surface area (TPSA) is 20.2 Å². The van der Waals surface area contributed by atoms with Gasteiger partial charge in [-0.25, -0.2) is 0 Å². The summed E-state index contributed by atoms with van der Waals surface area (Å²) in [5.41, 5.74) is -0.774. The molecule has 0 aliphatic carbocycles. The summed E-state index contributed by atoms with van der Waals surface area (Å²) < 4.78 is 0. The Morgan fingerprint density at radius 1 is 0.783 bits per heavy atom. The average Bonchev–Trinajstić information content (AvgIpc) is 2.52. The standard InChI is InChI=1S/C21H39BrO/c1-3-4-15-18-21(2,23)19-16-13-11-9-7-5-6-8-10-12-14-17-20-22/h23H,3-15,17-18,20H2,1-2H3/t21-/m0/s1. The molecule has 0 aromatic carbocycles. The van der Waals surface area contributed by atoms with E-state index in [9.17, 15) is 5.11 Å². The highest BCUT2D eigenvalue weighted by Crippen LogP contribution is 2.14. The summed E-state index contributed by atoms with van der Waals surface area (Å²) in [4.78, 5) is 0. The third kappa shape index (κ3) is 18.2. The van der Waals surface area contributed by atoms with Gasteiger partial charge in [-0.2, -0.15) is 0 Å². The van der Waals surface area contributed by atoms with Gasteiger partial charge in [0.05, 0.1) is 0 Å². The molecule has 0 spiro atoms. The Bertz CT molecular complexity index is 301. The second-order valence-electron chi connectivity index (χ2n) is 7.01. The van der Waals surface area contributed by atoms with Gasteiger partial charge in [-0.3, -0.25) is 0 Å². The smallest absolute Gasteiger partial charge is 0.122 e. The van der Waals surface area contributed by atoms with Gasteiger partial charge in [0, 0.05) is 11.8 Å². The van der Waals surface area contributed by atoms with Crippen LogP contribution in [0.5, 0.6) is 0 Å². The Balaban J connectivity index is 3.37. The molecule has 23 heavy (non-hydrogen) atoms. The lowest BCUT2D eigenvalue weighted by atomic mass is 9.98. The van der Waals surface area contributed by atoms with Crippen molar-refractivity contribution < 1.29 is 5.11 Å². The molecule has 0 bridgehead atoms. The molecule has 0 unspecified atom stereocenters.